The molecule has 0 radical (unpaired) electrons. The average molecular weight is 720 g/mol. The Morgan fingerprint density at radius 3 is 1.43 bits per heavy atom. The Balaban J connectivity index is 1.38. The van der Waals surface area contributed by atoms with Crippen molar-refractivity contribution in [3.8, 4) is 33.8 Å². The second kappa shape index (κ2) is 12.6. The Bertz CT molecular complexity index is 3200. The van der Waals surface area contributed by atoms with E-state index in [1.807, 2.05) is 24.3 Å². The molecule has 0 aliphatic carbocycles. The molecule has 264 valence electrons. The second-order valence-electron chi connectivity index (χ2n) is 14.3. The monoisotopic (exact) mass is 719 g/mol. The Hall–Kier alpha value is -7.37. The third-order valence-corrected chi connectivity index (χ3v) is 11.2. The van der Waals surface area contributed by atoms with Crippen LogP contribution in [0.3, 0.4) is 0 Å². The summed E-state index contributed by atoms with van der Waals surface area (Å²) in [6.45, 7) is 0. The van der Waals surface area contributed by atoms with Crippen LogP contribution in [0.4, 0.5) is 0 Å². The van der Waals surface area contributed by atoms with E-state index in [2.05, 4.69) is 140 Å². The molecule has 0 aliphatic heterocycles. The Labute approximate surface area is 322 Å². The van der Waals surface area contributed by atoms with Crippen LogP contribution >= 0.6 is 0 Å². The zero-order chi connectivity index (χ0) is 37.3. The molecule has 0 unspecified atom stereocenters. The number of hydrogen-bond donors (Lipinski definition) is 0. The summed E-state index contributed by atoms with van der Waals surface area (Å²) in [5.41, 5.74) is 9.69. The van der Waals surface area contributed by atoms with E-state index in [0.717, 1.165) is 121 Å². The van der Waals surface area contributed by atoms with Crippen LogP contribution < -0.4 is 9.47 Å². The maximum atomic E-state index is 5.54. The van der Waals surface area contributed by atoms with Crippen LogP contribution in [0.1, 0.15) is 0 Å². The first-order chi connectivity index (χ1) is 27.6. The normalized spacial score (nSPS) is 11.8. The third kappa shape index (κ3) is 5.05. The largest absolute Gasteiger partial charge is 0.497 e. The number of benzene rings is 7. The smallest absolute Gasteiger partial charge is 0.118 e. The summed E-state index contributed by atoms with van der Waals surface area (Å²) >= 11 is 0. The van der Waals surface area contributed by atoms with E-state index in [0.29, 0.717) is 0 Å². The summed E-state index contributed by atoms with van der Waals surface area (Å²) in [5.74, 6) is 1.63. The number of hydrogen-bond acceptors (Lipinski definition) is 5. The molecule has 7 aromatic carbocycles. The molecule has 5 heteroatoms. The van der Waals surface area contributed by atoms with E-state index in [9.17, 15) is 0 Å². The van der Waals surface area contributed by atoms with Crippen LogP contribution in [0.15, 0.2) is 164 Å². The lowest BCUT2D eigenvalue weighted by molar-refractivity contribution is 0.415. The van der Waals surface area contributed by atoms with Crippen molar-refractivity contribution in [3.05, 3.63) is 164 Å². The number of nitrogens with zero attached hydrogens (tertiary/aromatic N) is 3. The van der Waals surface area contributed by atoms with Crippen molar-refractivity contribution in [2.75, 3.05) is 14.2 Å². The molecule has 0 N–H and O–H groups in total. The number of ether oxygens (including phenoxy) is 2. The van der Waals surface area contributed by atoms with E-state index in [4.69, 9.17) is 24.4 Å². The average Bonchev–Trinajstić information content (AvgIpc) is 3.27. The minimum absolute atomic E-state index is 0.817. The van der Waals surface area contributed by atoms with Crippen molar-refractivity contribution in [2.45, 2.75) is 0 Å². The van der Waals surface area contributed by atoms with Crippen LogP contribution in [-0.4, -0.2) is 29.2 Å². The van der Waals surface area contributed by atoms with Gasteiger partial charge in [0.2, 0.25) is 0 Å². The first kappa shape index (κ1) is 32.1. The summed E-state index contributed by atoms with van der Waals surface area (Å²) in [7, 11) is 3.40. The zero-order valence-electron chi connectivity index (χ0n) is 30.7. The number of methoxy groups -OCH3 is 2. The molecule has 11 rings (SSSR count). The van der Waals surface area contributed by atoms with Crippen molar-refractivity contribution in [1.29, 1.82) is 0 Å². The lowest BCUT2D eigenvalue weighted by Gasteiger charge is -2.13. The number of aromatic nitrogens is 3. The highest BCUT2D eigenvalue weighted by Crippen LogP contribution is 2.38. The van der Waals surface area contributed by atoms with Gasteiger partial charge < -0.3 is 9.47 Å². The van der Waals surface area contributed by atoms with Gasteiger partial charge in [-0.1, -0.05) is 115 Å². The Kier molecular flexibility index (Phi) is 7.23. The number of rotatable bonds is 4. The molecule has 0 aliphatic rings. The summed E-state index contributed by atoms with van der Waals surface area (Å²) in [6.07, 6.45) is 0. The summed E-state index contributed by atoms with van der Waals surface area (Å²) in [6, 6.07) is 57.8. The lowest BCUT2D eigenvalue weighted by atomic mass is 9.96. The standard InChI is InChI=1S/C51H33N3O2/c1-55-35-22-17-31(18-23-35)44-28-47-38-10-3-7-30-15-16-34(27-43(30)38)37-9-5-11-39-45(32-19-24-36(56-2)25-20-32)29-48(54-50(37)39)42-13-4-8-33-21-26-46(52-49(33)42)41-14-6-12-40(44)51(41)53-47/h3-29H,1-2H3. The Morgan fingerprint density at radius 1 is 0.321 bits per heavy atom. The first-order valence-corrected chi connectivity index (χ1v) is 18.7. The highest BCUT2D eigenvalue weighted by Gasteiger charge is 2.15. The molecule has 0 atom stereocenters. The van der Waals surface area contributed by atoms with Crippen molar-refractivity contribution >= 4 is 87.0 Å². The van der Waals surface area contributed by atoms with Crippen LogP contribution in [0.5, 0.6) is 11.5 Å². The van der Waals surface area contributed by atoms with Gasteiger partial charge in [0.05, 0.1) is 47.3 Å². The van der Waals surface area contributed by atoms with Crippen LogP contribution in [0.2, 0.25) is 0 Å². The third-order valence-electron chi connectivity index (χ3n) is 11.2. The highest BCUT2D eigenvalue weighted by molar-refractivity contribution is 6.17. The van der Waals surface area contributed by atoms with Gasteiger partial charge >= 0.3 is 0 Å². The van der Waals surface area contributed by atoms with Crippen molar-refractivity contribution in [3.63, 3.8) is 0 Å². The highest BCUT2D eigenvalue weighted by atomic mass is 16.5. The molecule has 0 fully saturated rings. The molecule has 0 amide bonds. The predicted molar refractivity (Wildman–Crippen MR) is 233 cm³/mol. The molecule has 0 spiro atoms. The SMILES string of the molecule is COc1ccc(-c2cc3nc4c2cccc4c2ccc4cccc(c5cc(-c6ccc(OC)cc6)c6cccc(c7ccc8cccc3c8n7)c6n5)c4c2)cc1. The van der Waals surface area contributed by atoms with Gasteiger partial charge in [0.1, 0.15) is 11.5 Å². The van der Waals surface area contributed by atoms with E-state index in [1.54, 1.807) is 14.2 Å². The van der Waals surface area contributed by atoms with Gasteiger partial charge in [0.15, 0.2) is 0 Å². The fraction of sp³-hybridized carbons (Fsp3) is 0.0392. The molecule has 56 heavy (non-hydrogen) atoms. The lowest BCUT2D eigenvalue weighted by Crippen LogP contribution is -1.91. The molecular formula is C51H33N3O2. The van der Waals surface area contributed by atoms with E-state index in [-0.39, 0.29) is 0 Å². The topological polar surface area (TPSA) is 57.1 Å². The first-order valence-electron chi connectivity index (χ1n) is 18.7. The van der Waals surface area contributed by atoms with Gasteiger partial charge in [-0.3, -0.25) is 0 Å². The quantitative estimate of drug-likeness (QED) is 0.181. The van der Waals surface area contributed by atoms with Crippen molar-refractivity contribution in [2.24, 2.45) is 0 Å². The van der Waals surface area contributed by atoms with E-state index < -0.39 is 0 Å². The molecule has 4 aromatic heterocycles. The zero-order valence-corrected chi connectivity index (χ0v) is 30.7. The van der Waals surface area contributed by atoms with Gasteiger partial charge in [-0.15, -0.1) is 0 Å². The van der Waals surface area contributed by atoms with Crippen LogP contribution in [0, 0.1) is 0 Å². The number of para-hydroxylation sites is 3. The van der Waals surface area contributed by atoms with Crippen molar-refractivity contribution < 1.29 is 9.47 Å². The fourth-order valence-electron chi connectivity index (χ4n) is 8.40. The van der Waals surface area contributed by atoms with Crippen LogP contribution in [0.25, 0.3) is 109 Å². The summed E-state index contributed by atoms with van der Waals surface area (Å²) < 4.78 is 11.1. The minimum atomic E-state index is 0.817. The van der Waals surface area contributed by atoms with E-state index >= 15 is 0 Å². The molecule has 8 bridgehead atoms. The Morgan fingerprint density at radius 2 is 0.786 bits per heavy atom. The van der Waals surface area contributed by atoms with Crippen LogP contribution in [-0.2, 0) is 0 Å². The summed E-state index contributed by atoms with van der Waals surface area (Å²) in [4.78, 5) is 16.5. The molecule has 0 saturated carbocycles. The molecular weight excluding hydrogens is 687 g/mol. The minimum Gasteiger partial charge on any atom is -0.497 e. The van der Waals surface area contributed by atoms with Gasteiger partial charge in [0.25, 0.3) is 0 Å². The van der Waals surface area contributed by atoms with Gasteiger partial charge in [0, 0.05) is 37.7 Å². The fourth-order valence-corrected chi connectivity index (χ4v) is 8.40. The predicted octanol–water partition coefficient (Wildman–Crippen LogP) is 13.0. The molecule has 0 saturated heterocycles. The maximum absolute atomic E-state index is 5.54. The van der Waals surface area contributed by atoms with Gasteiger partial charge in [-0.05, 0) is 86.9 Å². The maximum Gasteiger partial charge on any atom is 0.118 e. The van der Waals surface area contributed by atoms with Crippen molar-refractivity contribution in [1.82, 2.24) is 15.0 Å². The summed E-state index contributed by atoms with van der Waals surface area (Å²) in [5, 5.41) is 10.6. The van der Waals surface area contributed by atoms with Gasteiger partial charge in [-0.2, -0.15) is 0 Å². The van der Waals surface area contributed by atoms with E-state index in [1.165, 1.54) is 0 Å². The van der Waals surface area contributed by atoms with Gasteiger partial charge in [-0.25, -0.2) is 15.0 Å². The molecule has 4 heterocycles. The number of fused-ring (bicyclic) bond motifs is 8. The number of pyridine rings is 3. The second-order valence-corrected chi connectivity index (χ2v) is 14.3. The molecule has 11 aromatic rings. The molecule has 5 nitrogen and oxygen atoms in total.